The van der Waals surface area contributed by atoms with E-state index in [0.717, 1.165) is 0 Å². The summed E-state index contributed by atoms with van der Waals surface area (Å²) in [5.74, 6) is 0.688. The molecule has 0 aromatic heterocycles. The minimum atomic E-state index is -0.191. The van der Waals surface area contributed by atoms with E-state index in [1.54, 1.807) is 7.05 Å². The number of carbonyl (C=O) groups excluding carboxylic acids is 1. The third-order valence-electron chi connectivity index (χ3n) is 2.60. The molecule has 6 heteroatoms. The normalized spacial score (nSPS) is 16.3. The molecule has 1 fully saturated rings. The van der Waals surface area contributed by atoms with Crippen LogP contribution in [0.2, 0.25) is 0 Å². The van der Waals surface area contributed by atoms with E-state index in [0.29, 0.717) is 12.0 Å². The summed E-state index contributed by atoms with van der Waals surface area (Å²) in [5.41, 5.74) is -0.191. The largest absolute Gasteiger partial charge is 0.354 e. The second kappa shape index (κ2) is 7.81. The highest BCUT2D eigenvalue weighted by atomic mass is 127. The first-order valence-electron chi connectivity index (χ1n) is 6.19. The molecule has 0 spiro atoms. The highest BCUT2D eigenvalue weighted by molar-refractivity contribution is 14.0. The number of guanidine groups is 1. The van der Waals surface area contributed by atoms with Crippen molar-refractivity contribution < 1.29 is 4.79 Å². The van der Waals surface area contributed by atoms with E-state index < -0.39 is 0 Å². The molecule has 0 aromatic carbocycles. The predicted molar refractivity (Wildman–Crippen MR) is 85.4 cm³/mol. The summed E-state index contributed by atoms with van der Waals surface area (Å²) in [5, 5.41) is 9.19. The summed E-state index contributed by atoms with van der Waals surface area (Å²) in [6, 6.07) is 0.520. The molecule has 1 rings (SSSR count). The van der Waals surface area contributed by atoms with Crippen LogP contribution in [0.5, 0.6) is 0 Å². The van der Waals surface area contributed by atoms with Gasteiger partial charge in [0.15, 0.2) is 5.96 Å². The summed E-state index contributed by atoms with van der Waals surface area (Å²) in [6.07, 6.45) is 3.66. The van der Waals surface area contributed by atoms with Crippen LogP contribution < -0.4 is 16.0 Å². The quantitative estimate of drug-likeness (QED) is 0.399. The fourth-order valence-electron chi connectivity index (χ4n) is 1.57. The molecule has 0 heterocycles. The van der Waals surface area contributed by atoms with Crippen LogP contribution in [0.3, 0.4) is 0 Å². The lowest BCUT2D eigenvalue weighted by Crippen LogP contribution is -2.51. The van der Waals surface area contributed by atoms with E-state index in [-0.39, 0.29) is 42.0 Å². The van der Waals surface area contributed by atoms with Crippen molar-refractivity contribution in [2.75, 3.05) is 13.6 Å². The van der Waals surface area contributed by atoms with E-state index in [1.807, 2.05) is 20.8 Å². The lowest BCUT2D eigenvalue weighted by Gasteiger charge is -2.28. The van der Waals surface area contributed by atoms with Crippen molar-refractivity contribution in [2.45, 2.75) is 51.6 Å². The molecule has 0 unspecified atom stereocenters. The number of nitrogens with one attached hydrogen (secondary N) is 3. The lowest BCUT2D eigenvalue weighted by molar-refractivity contribution is -0.121. The minimum absolute atomic E-state index is 0. The zero-order valence-corrected chi connectivity index (χ0v) is 14.0. The molecule has 18 heavy (non-hydrogen) atoms. The van der Waals surface area contributed by atoms with Crippen LogP contribution in [-0.4, -0.2) is 37.0 Å². The van der Waals surface area contributed by atoms with E-state index in [9.17, 15) is 4.79 Å². The summed E-state index contributed by atoms with van der Waals surface area (Å²) < 4.78 is 0. The van der Waals surface area contributed by atoms with E-state index >= 15 is 0 Å². The standard InChI is InChI=1S/C12H24N4O.HI/c1-12(2,3)16-10(17)8-14-11(13-4)15-9-6-5-7-9;/h9H,5-8H2,1-4H3,(H,16,17)(H2,13,14,15);1H. The van der Waals surface area contributed by atoms with Gasteiger partial charge in [0.2, 0.25) is 5.91 Å². The molecule has 3 N–H and O–H groups in total. The van der Waals surface area contributed by atoms with Crippen LogP contribution >= 0.6 is 24.0 Å². The van der Waals surface area contributed by atoms with Gasteiger partial charge < -0.3 is 16.0 Å². The van der Waals surface area contributed by atoms with Gasteiger partial charge in [0.1, 0.15) is 0 Å². The molecular formula is C12H25IN4O. The molecule has 0 saturated heterocycles. The minimum Gasteiger partial charge on any atom is -0.354 e. The smallest absolute Gasteiger partial charge is 0.239 e. The number of rotatable bonds is 3. The van der Waals surface area contributed by atoms with Crippen molar-refractivity contribution in [3.63, 3.8) is 0 Å². The van der Waals surface area contributed by atoms with Crippen LogP contribution in [0.1, 0.15) is 40.0 Å². The summed E-state index contributed by atoms with van der Waals surface area (Å²) >= 11 is 0. The van der Waals surface area contributed by atoms with Gasteiger partial charge in [-0.25, -0.2) is 0 Å². The van der Waals surface area contributed by atoms with Crippen molar-refractivity contribution in [3.8, 4) is 0 Å². The molecule has 0 radical (unpaired) electrons. The number of hydrogen-bond donors (Lipinski definition) is 3. The highest BCUT2D eigenvalue weighted by Gasteiger charge is 2.19. The number of nitrogens with zero attached hydrogens (tertiary/aromatic N) is 1. The van der Waals surface area contributed by atoms with Crippen molar-refractivity contribution in [1.29, 1.82) is 0 Å². The SMILES string of the molecule is CN=C(NCC(=O)NC(C)(C)C)NC1CCC1.I. The number of hydrogen-bond acceptors (Lipinski definition) is 2. The topological polar surface area (TPSA) is 65.5 Å². The second-order valence-electron chi connectivity index (χ2n) is 5.50. The van der Waals surface area contributed by atoms with E-state index in [4.69, 9.17) is 0 Å². The molecular weight excluding hydrogens is 343 g/mol. The van der Waals surface area contributed by atoms with Crippen LogP contribution in [0.25, 0.3) is 0 Å². The Hall–Kier alpha value is -0.530. The zero-order chi connectivity index (χ0) is 12.9. The predicted octanol–water partition coefficient (Wildman–Crippen LogP) is 1.24. The maximum Gasteiger partial charge on any atom is 0.239 e. The molecule has 0 aliphatic heterocycles. The summed E-state index contributed by atoms with van der Waals surface area (Å²) in [6.45, 7) is 6.15. The number of amides is 1. The van der Waals surface area contributed by atoms with Crippen LogP contribution in [0.4, 0.5) is 0 Å². The fourth-order valence-corrected chi connectivity index (χ4v) is 1.57. The molecule has 0 atom stereocenters. The third-order valence-corrected chi connectivity index (χ3v) is 2.60. The number of halogens is 1. The molecule has 106 valence electrons. The first-order chi connectivity index (χ1) is 7.90. The summed E-state index contributed by atoms with van der Waals surface area (Å²) in [7, 11) is 1.72. The van der Waals surface area contributed by atoms with Crippen LogP contribution in [-0.2, 0) is 4.79 Å². The van der Waals surface area contributed by atoms with Gasteiger partial charge in [-0.2, -0.15) is 0 Å². The lowest BCUT2D eigenvalue weighted by atomic mass is 9.93. The van der Waals surface area contributed by atoms with E-state index in [2.05, 4.69) is 20.9 Å². The molecule has 1 amide bonds. The Morgan fingerprint density at radius 1 is 1.33 bits per heavy atom. The highest BCUT2D eigenvalue weighted by Crippen LogP contribution is 2.17. The van der Waals surface area contributed by atoms with Gasteiger partial charge in [0.25, 0.3) is 0 Å². The first kappa shape index (κ1) is 17.5. The van der Waals surface area contributed by atoms with Crippen molar-refractivity contribution in [2.24, 2.45) is 4.99 Å². The monoisotopic (exact) mass is 368 g/mol. The molecule has 0 bridgehead atoms. The Morgan fingerprint density at radius 2 is 1.94 bits per heavy atom. The van der Waals surface area contributed by atoms with Gasteiger partial charge in [-0.15, -0.1) is 24.0 Å². The van der Waals surface area contributed by atoms with Gasteiger partial charge in [-0.1, -0.05) is 0 Å². The van der Waals surface area contributed by atoms with Gasteiger partial charge >= 0.3 is 0 Å². The number of aliphatic imine (C=N–C) groups is 1. The Labute approximate surface area is 127 Å². The molecule has 1 aliphatic carbocycles. The van der Waals surface area contributed by atoms with E-state index in [1.165, 1.54) is 19.3 Å². The Bertz CT molecular complexity index is 295. The number of carbonyl (C=O) groups is 1. The maximum absolute atomic E-state index is 11.6. The maximum atomic E-state index is 11.6. The molecule has 1 saturated carbocycles. The second-order valence-corrected chi connectivity index (χ2v) is 5.50. The summed E-state index contributed by atoms with van der Waals surface area (Å²) in [4.78, 5) is 15.7. The van der Waals surface area contributed by atoms with Crippen LogP contribution in [0.15, 0.2) is 4.99 Å². The van der Waals surface area contributed by atoms with Crippen molar-refractivity contribution in [3.05, 3.63) is 0 Å². The van der Waals surface area contributed by atoms with Crippen LogP contribution in [0, 0.1) is 0 Å². The molecule has 0 aromatic rings. The average molecular weight is 368 g/mol. The van der Waals surface area contributed by atoms with Crippen molar-refractivity contribution in [1.82, 2.24) is 16.0 Å². The zero-order valence-electron chi connectivity index (χ0n) is 11.7. The third kappa shape index (κ3) is 7.03. The Morgan fingerprint density at radius 3 is 2.33 bits per heavy atom. The van der Waals surface area contributed by atoms with Gasteiger partial charge in [-0.05, 0) is 40.0 Å². The molecule has 5 nitrogen and oxygen atoms in total. The Balaban J connectivity index is 0.00000289. The van der Waals surface area contributed by atoms with Gasteiger partial charge in [-0.3, -0.25) is 9.79 Å². The fraction of sp³-hybridized carbons (Fsp3) is 0.833. The average Bonchev–Trinajstić information content (AvgIpc) is 2.12. The van der Waals surface area contributed by atoms with Crippen molar-refractivity contribution >= 4 is 35.8 Å². The Kier molecular flexibility index (Phi) is 7.58. The molecule has 1 aliphatic rings. The van der Waals surface area contributed by atoms with Gasteiger partial charge in [0.05, 0.1) is 6.54 Å². The first-order valence-corrected chi connectivity index (χ1v) is 6.19. The van der Waals surface area contributed by atoms with Gasteiger partial charge in [0, 0.05) is 18.6 Å².